The lowest BCUT2D eigenvalue weighted by Crippen LogP contribution is -2.36. The van der Waals surface area contributed by atoms with Crippen LogP contribution >= 0.6 is 0 Å². The van der Waals surface area contributed by atoms with E-state index in [9.17, 15) is 9.59 Å². The normalized spacial score (nSPS) is 23.9. The van der Waals surface area contributed by atoms with Gasteiger partial charge in [-0.15, -0.1) is 0 Å². The first-order valence-corrected chi connectivity index (χ1v) is 12.4. The number of hydrogen-bond acceptors (Lipinski definition) is 6. The van der Waals surface area contributed by atoms with Crippen molar-refractivity contribution in [3.8, 4) is 5.75 Å². The summed E-state index contributed by atoms with van der Waals surface area (Å²) in [6, 6.07) is 14.0. The topological polar surface area (TPSA) is 73.9 Å². The zero-order valence-corrected chi connectivity index (χ0v) is 20.5. The van der Waals surface area contributed by atoms with E-state index in [1.807, 2.05) is 24.3 Å². The van der Waals surface area contributed by atoms with Gasteiger partial charge in [-0.2, -0.15) is 0 Å². The molecule has 1 saturated heterocycles. The number of nitrogens with one attached hydrogen (secondary N) is 1. The number of allylic oxidation sites excluding steroid dienone is 3. The molecular formula is C29H30FNO5. The van der Waals surface area contributed by atoms with Gasteiger partial charge in [0.15, 0.2) is 5.78 Å². The molecule has 3 unspecified atom stereocenters. The van der Waals surface area contributed by atoms with Crippen molar-refractivity contribution < 1.29 is 28.2 Å². The third-order valence-corrected chi connectivity index (χ3v) is 7.27. The quantitative estimate of drug-likeness (QED) is 0.579. The first-order chi connectivity index (χ1) is 17.5. The van der Waals surface area contributed by atoms with Crippen molar-refractivity contribution >= 4 is 11.8 Å². The number of benzene rings is 2. The molecule has 2 aromatic carbocycles. The van der Waals surface area contributed by atoms with Crippen LogP contribution < -0.4 is 10.1 Å². The number of ketones is 1. The Morgan fingerprint density at radius 3 is 2.58 bits per heavy atom. The largest absolute Gasteiger partial charge is 0.496 e. The number of para-hydroxylation sites is 1. The number of halogens is 1. The molecule has 0 aromatic heterocycles. The van der Waals surface area contributed by atoms with Crippen LogP contribution in [0.25, 0.3) is 0 Å². The van der Waals surface area contributed by atoms with Gasteiger partial charge in [-0.3, -0.25) is 4.79 Å². The van der Waals surface area contributed by atoms with E-state index in [1.165, 1.54) is 6.07 Å². The minimum Gasteiger partial charge on any atom is -0.496 e. The fraction of sp³-hybridized carbons (Fsp3) is 0.379. The van der Waals surface area contributed by atoms with Gasteiger partial charge in [0.1, 0.15) is 18.2 Å². The SMILES string of the molecule is COc1ccccc1C1CC(=O)C2=C(C1)NC(C)=C(C(=O)OCC1CCCO1)C2c1ccccc1F. The van der Waals surface area contributed by atoms with Gasteiger partial charge >= 0.3 is 5.97 Å². The Balaban J connectivity index is 1.52. The second kappa shape index (κ2) is 10.3. The first-order valence-electron chi connectivity index (χ1n) is 12.4. The summed E-state index contributed by atoms with van der Waals surface area (Å²) in [5.74, 6) is -1.35. The molecule has 0 radical (unpaired) electrons. The van der Waals surface area contributed by atoms with Gasteiger partial charge in [-0.1, -0.05) is 36.4 Å². The molecule has 0 saturated carbocycles. The second-order valence-corrected chi connectivity index (χ2v) is 9.51. The lowest BCUT2D eigenvalue weighted by Gasteiger charge is -2.37. The predicted molar refractivity (Wildman–Crippen MR) is 132 cm³/mol. The van der Waals surface area contributed by atoms with E-state index >= 15 is 4.39 Å². The molecule has 7 heteroatoms. The van der Waals surface area contributed by atoms with E-state index in [-0.39, 0.29) is 36.4 Å². The van der Waals surface area contributed by atoms with E-state index in [4.69, 9.17) is 14.2 Å². The third kappa shape index (κ3) is 4.55. The van der Waals surface area contributed by atoms with E-state index in [0.717, 1.165) is 24.2 Å². The third-order valence-electron chi connectivity index (χ3n) is 7.27. The molecule has 3 aliphatic rings. The van der Waals surface area contributed by atoms with Gasteiger partial charge in [0.2, 0.25) is 0 Å². The maximum atomic E-state index is 15.1. The van der Waals surface area contributed by atoms with Gasteiger partial charge in [0, 0.05) is 41.5 Å². The minimum absolute atomic E-state index is 0.0954. The summed E-state index contributed by atoms with van der Waals surface area (Å²) in [7, 11) is 1.61. The summed E-state index contributed by atoms with van der Waals surface area (Å²) < 4.78 is 31.9. The van der Waals surface area contributed by atoms with Crippen LogP contribution in [0.3, 0.4) is 0 Å². The summed E-state index contributed by atoms with van der Waals surface area (Å²) >= 11 is 0. The Bertz CT molecular complexity index is 1240. The van der Waals surface area contributed by atoms with Crippen molar-refractivity contribution in [3.05, 3.63) is 88.0 Å². The smallest absolute Gasteiger partial charge is 0.336 e. The molecule has 1 fully saturated rings. The average Bonchev–Trinajstić information content (AvgIpc) is 3.40. The van der Waals surface area contributed by atoms with Crippen LogP contribution in [-0.2, 0) is 19.1 Å². The summed E-state index contributed by atoms with van der Waals surface area (Å²) in [6.07, 6.45) is 2.41. The molecule has 0 bridgehead atoms. The Morgan fingerprint density at radius 1 is 1.11 bits per heavy atom. The van der Waals surface area contributed by atoms with E-state index in [0.29, 0.717) is 35.6 Å². The predicted octanol–water partition coefficient (Wildman–Crippen LogP) is 4.92. The molecule has 0 amide bonds. The number of esters is 1. The number of carbonyl (C=O) groups excluding carboxylic acids is 2. The standard InChI is InChI=1S/C29H30FNO5/c1-17-26(29(33)36-16-19-8-7-13-35-19)27(21-10-3-5-11-22(21)30)28-23(31-17)14-18(15-24(28)32)20-9-4-6-12-25(20)34-2/h3-6,9-12,18-19,27,31H,7-8,13-16H2,1-2H3. The highest BCUT2D eigenvalue weighted by Gasteiger charge is 2.42. The van der Waals surface area contributed by atoms with Crippen molar-refractivity contribution in [2.75, 3.05) is 20.3 Å². The highest BCUT2D eigenvalue weighted by Crippen LogP contribution is 2.47. The molecule has 6 nitrogen and oxygen atoms in total. The van der Waals surface area contributed by atoms with Crippen LogP contribution in [0.2, 0.25) is 0 Å². The van der Waals surface area contributed by atoms with Crippen molar-refractivity contribution in [1.82, 2.24) is 5.32 Å². The molecule has 5 rings (SSSR count). The van der Waals surface area contributed by atoms with Crippen LogP contribution in [-0.4, -0.2) is 38.2 Å². The van der Waals surface area contributed by atoms with Crippen molar-refractivity contribution in [2.45, 2.75) is 50.5 Å². The maximum absolute atomic E-state index is 15.1. The monoisotopic (exact) mass is 491 g/mol. The van der Waals surface area contributed by atoms with Crippen LogP contribution in [0, 0.1) is 5.82 Å². The number of methoxy groups -OCH3 is 1. The van der Waals surface area contributed by atoms with Crippen molar-refractivity contribution in [1.29, 1.82) is 0 Å². The van der Waals surface area contributed by atoms with Gasteiger partial charge in [0.25, 0.3) is 0 Å². The van der Waals surface area contributed by atoms with Gasteiger partial charge in [-0.25, -0.2) is 9.18 Å². The van der Waals surface area contributed by atoms with E-state index in [1.54, 1.807) is 32.2 Å². The Labute approximate surface area is 210 Å². The number of hydrogen-bond donors (Lipinski definition) is 1. The highest BCUT2D eigenvalue weighted by atomic mass is 19.1. The zero-order chi connectivity index (χ0) is 25.2. The molecule has 0 spiro atoms. The van der Waals surface area contributed by atoms with Crippen LogP contribution in [0.4, 0.5) is 4.39 Å². The lowest BCUT2D eigenvalue weighted by molar-refractivity contribution is -0.142. The van der Waals surface area contributed by atoms with Crippen molar-refractivity contribution in [3.63, 3.8) is 0 Å². The molecule has 1 aliphatic carbocycles. The van der Waals surface area contributed by atoms with Gasteiger partial charge in [0.05, 0.1) is 24.7 Å². The van der Waals surface area contributed by atoms with Crippen LogP contribution in [0.1, 0.15) is 55.6 Å². The Morgan fingerprint density at radius 2 is 1.86 bits per heavy atom. The summed E-state index contributed by atoms with van der Waals surface area (Å²) in [4.78, 5) is 27.1. The number of Topliss-reactive ketones (excluding diaryl/α,β-unsaturated/α-hetero) is 1. The molecule has 36 heavy (non-hydrogen) atoms. The van der Waals surface area contributed by atoms with Crippen molar-refractivity contribution in [2.24, 2.45) is 0 Å². The number of carbonyl (C=O) groups is 2. The highest BCUT2D eigenvalue weighted by molar-refractivity contribution is 6.04. The van der Waals surface area contributed by atoms with Crippen LogP contribution in [0.15, 0.2) is 71.1 Å². The molecule has 2 heterocycles. The number of ether oxygens (including phenoxy) is 3. The fourth-order valence-electron chi connectivity index (χ4n) is 5.58. The summed E-state index contributed by atoms with van der Waals surface area (Å²) in [6.45, 7) is 2.56. The number of rotatable bonds is 6. The van der Waals surface area contributed by atoms with E-state index < -0.39 is 17.7 Å². The molecule has 2 aliphatic heterocycles. The Hall–Kier alpha value is -3.45. The molecular weight excluding hydrogens is 461 g/mol. The molecule has 3 atom stereocenters. The van der Waals surface area contributed by atoms with Gasteiger partial charge in [-0.05, 0) is 43.9 Å². The summed E-state index contributed by atoms with van der Waals surface area (Å²) in [5.41, 5.74) is 3.21. The minimum atomic E-state index is -0.842. The molecule has 188 valence electrons. The fourth-order valence-corrected chi connectivity index (χ4v) is 5.58. The zero-order valence-electron chi connectivity index (χ0n) is 20.5. The van der Waals surface area contributed by atoms with Crippen LogP contribution in [0.5, 0.6) is 5.75 Å². The van der Waals surface area contributed by atoms with E-state index in [2.05, 4.69) is 5.32 Å². The molecule has 1 N–H and O–H groups in total. The first kappa shape index (κ1) is 24.3. The molecule has 2 aromatic rings. The Kier molecular flexibility index (Phi) is 6.92. The average molecular weight is 492 g/mol. The second-order valence-electron chi connectivity index (χ2n) is 9.51. The maximum Gasteiger partial charge on any atom is 0.336 e. The summed E-state index contributed by atoms with van der Waals surface area (Å²) in [5, 5.41) is 3.31. The number of dihydropyridines is 1. The lowest BCUT2D eigenvalue weighted by atomic mass is 9.71. The van der Waals surface area contributed by atoms with Gasteiger partial charge < -0.3 is 19.5 Å².